The van der Waals surface area contributed by atoms with Gasteiger partial charge in [-0.05, 0) is 36.4 Å². The lowest BCUT2D eigenvalue weighted by Gasteiger charge is -2.36. The maximum absolute atomic E-state index is 12.0. The van der Waals surface area contributed by atoms with E-state index in [0.29, 0.717) is 12.1 Å². The van der Waals surface area contributed by atoms with Gasteiger partial charge in [-0.2, -0.15) is 0 Å². The van der Waals surface area contributed by atoms with Crippen molar-refractivity contribution in [2.75, 3.05) is 44.2 Å². The summed E-state index contributed by atoms with van der Waals surface area (Å²) in [5.41, 5.74) is 1.93. The maximum Gasteiger partial charge on any atom is 0.251 e. The Balaban J connectivity index is 1.39. The van der Waals surface area contributed by atoms with Crippen LogP contribution in [-0.4, -0.2) is 50.1 Å². The van der Waals surface area contributed by atoms with E-state index in [9.17, 15) is 4.79 Å². The number of halogens is 1. The first-order valence-corrected chi connectivity index (χ1v) is 8.66. The van der Waals surface area contributed by atoms with Crippen molar-refractivity contribution in [3.05, 3.63) is 65.2 Å². The van der Waals surface area contributed by atoms with Crippen molar-refractivity contribution in [1.29, 1.82) is 0 Å². The molecule has 0 radical (unpaired) electrons. The lowest BCUT2D eigenvalue weighted by atomic mass is 10.2. The van der Waals surface area contributed by atoms with Crippen LogP contribution in [0.3, 0.4) is 0 Å². The van der Waals surface area contributed by atoms with Gasteiger partial charge in [0.15, 0.2) is 0 Å². The second-order valence-corrected chi connectivity index (χ2v) is 6.36. The molecule has 1 N–H and O–H groups in total. The van der Waals surface area contributed by atoms with Crippen LogP contribution in [0.4, 0.5) is 5.69 Å². The largest absolute Gasteiger partial charge is 0.369 e. The van der Waals surface area contributed by atoms with E-state index >= 15 is 0 Å². The summed E-state index contributed by atoms with van der Waals surface area (Å²) in [6.07, 6.45) is 0. The number of anilines is 1. The summed E-state index contributed by atoms with van der Waals surface area (Å²) in [5.74, 6) is -0.00426. The molecule has 0 saturated carbocycles. The molecule has 2 aromatic rings. The molecule has 2 aromatic carbocycles. The fourth-order valence-corrected chi connectivity index (χ4v) is 3.03. The number of piperazine rings is 1. The van der Waals surface area contributed by atoms with E-state index in [4.69, 9.17) is 11.6 Å². The number of benzene rings is 2. The van der Waals surface area contributed by atoms with Gasteiger partial charge in [0.2, 0.25) is 0 Å². The number of rotatable bonds is 5. The average Bonchev–Trinajstić information content (AvgIpc) is 2.64. The van der Waals surface area contributed by atoms with E-state index < -0.39 is 0 Å². The number of nitrogens with one attached hydrogen (secondary N) is 1. The molecule has 0 unspecified atom stereocenters. The summed E-state index contributed by atoms with van der Waals surface area (Å²) in [6, 6.07) is 17.3. The van der Waals surface area contributed by atoms with Crippen LogP contribution in [0.25, 0.3) is 0 Å². The second-order valence-electron chi connectivity index (χ2n) is 5.93. The SMILES string of the molecule is O=C(NCCN1CCN(c2ccc(Cl)cc2)CC1)c1ccccc1. The zero-order chi connectivity index (χ0) is 16.8. The van der Waals surface area contributed by atoms with Gasteiger partial charge in [0.05, 0.1) is 0 Å². The van der Waals surface area contributed by atoms with Gasteiger partial charge in [-0.25, -0.2) is 0 Å². The van der Waals surface area contributed by atoms with Gasteiger partial charge in [-0.15, -0.1) is 0 Å². The van der Waals surface area contributed by atoms with Gasteiger partial charge >= 0.3 is 0 Å². The summed E-state index contributed by atoms with van der Waals surface area (Å²) in [7, 11) is 0. The summed E-state index contributed by atoms with van der Waals surface area (Å²) in [4.78, 5) is 16.8. The molecule has 1 amide bonds. The molecule has 5 heteroatoms. The van der Waals surface area contributed by atoms with E-state index in [1.165, 1.54) is 5.69 Å². The minimum atomic E-state index is -0.00426. The topological polar surface area (TPSA) is 35.6 Å². The van der Waals surface area contributed by atoms with Gasteiger partial charge in [0, 0.05) is 55.5 Å². The zero-order valence-corrected chi connectivity index (χ0v) is 14.4. The van der Waals surface area contributed by atoms with Crippen molar-refractivity contribution < 1.29 is 4.79 Å². The highest BCUT2D eigenvalue weighted by atomic mass is 35.5. The smallest absolute Gasteiger partial charge is 0.251 e. The predicted octanol–water partition coefficient (Wildman–Crippen LogP) is 2.89. The molecular formula is C19H22ClN3O. The summed E-state index contributed by atoms with van der Waals surface area (Å²) in [5, 5.41) is 3.76. The van der Waals surface area contributed by atoms with Crippen LogP contribution in [0.5, 0.6) is 0 Å². The highest BCUT2D eigenvalue weighted by molar-refractivity contribution is 6.30. The van der Waals surface area contributed by atoms with Gasteiger partial charge in [0.25, 0.3) is 5.91 Å². The lowest BCUT2D eigenvalue weighted by Crippen LogP contribution is -2.48. The Morgan fingerprint density at radius 3 is 2.29 bits per heavy atom. The Labute approximate surface area is 148 Å². The zero-order valence-electron chi connectivity index (χ0n) is 13.6. The van der Waals surface area contributed by atoms with E-state index in [1.54, 1.807) is 0 Å². The van der Waals surface area contributed by atoms with Crippen LogP contribution in [0.2, 0.25) is 5.02 Å². The third-order valence-corrected chi connectivity index (χ3v) is 4.57. The van der Waals surface area contributed by atoms with Crippen LogP contribution >= 0.6 is 11.6 Å². The first-order chi connectivity index (χ1) is 11.7. The quantitative estimate of drug-likeness (QED) is 0.906. The number of nitrogens with zero attached hydrogens (tertiary/aromatic N) is 2. The van der Waals surface area contributed by atoms with Crippen LogP contribution < -0.4 is 10.2 Å². The molecule has 126 valence electrons. The standard InChI is InChI=1S/C19H22ClN3O/c20-17-6-8-18(9-7-17)23-14-12-22(13-15-23)11-10-21-19(24)16-4-2-1-3-5-16/h1-9H,10-15H2,(H,21,24). The number of carbonyl (C=O) groups is 1. The molecule has 4 nitrogen and oxygen atoms in total. The Kier molecular flexibility index (Phi) is 5.72. The molecule has 24 heavy (non-hydrogen) atoms. The Morgan fingerprint density at radius 1 is 0.958 bits per heavy atom. The minimum absolute atomic E-state index is 0.00426. The maximum atomic E-state index is 12.0. The first kappa shape index (κ1) is 16.8. The molecule has 1 aliphatic heterocycles. The lowest BCUT2D eigenvalue weighted by molar-refractivity contribution is 0.0948. The molecule has 1 saturated heterocycles. The van der Waals surface area contributed by atoms with E-state index in [2.05, 4.69) is 27.2 Å². The third-order valence-electron chi connectivity index (χ3n) is 4.31. The third kappa shape index (κ3) is 4.49. The number of carbonyl (C=O) groups excluding carboxylic acids is 1. The van der Waals surface area contributed by atoms with E-state index in [1.807, 2.05) is 42.5 Å². The number of hydrogen-bond donors (Lipinski definition) is 1. The van der Waals surface area contributed by atoms with Crippen molar-refractivity contribution in [2.24, 2.45) is 0 Å². The Hall–Kier alpha value is -2.04. The second kappa shape index (κ2) is 8.18. The van der Waals surface area contributed by atoms with Gasteiger partial charge < -0.3 is 10.2 Å². The molecule has 1 heterocycles. The van der Waals surface area contributed by atoms with Crippen LogP contribution in [-0.2, 0) is 0 Å². The van der Waals surface area contributed by atoms with Crippen molar-refractivity contribution >= 4 is 23.2 Å². The summed E-state index contributed by atoms with van der Waals surface area (Å²) >= 11 is 5.94. The highest BCUT2D eigenvalue weighted by Crippen LogP contribution is 2.19. The van der Waals surface area contributed by atoms with E-state index in [-0.39, 0.29) is 5.91 Å². The fraction of sp³-hybridized carbons (Fsp3) is 0.316. The molecular weight excluding hydrogens is 322 g/mol. The van der Waals surface area contributed by atoms with Gasteiger partial charge in [-0.1, -0.05) is 29.8 Å². The van der Waals surface area contributed by atoms with Crippen molar-refractivity contribution in [3.8, 4) is 0 Å². The fourth-order valence-electron chi connectivity index (χ4n) is 2.90. The van der Waals surface area contributed by atoms with E-state index in [0.717, 1.165) is 37.7 Å². The van der Waals surface area contributed by atoms with Crippen LogP contribution in [0.15, 0.2) is 54.6 Å². The molecule has 0 aromatic heterocycles. The molecule has 0 bridgehead atoms. The first-order valence-electron chi connectivity index (χ1n) is 8.28. The van der Waals surface area contributed by atoms with Crippen molar-refractivity contribution in [1.82, 2.24) is 10.2 Å². The molecule has 3 rings (SSSR count). The minimum Gasteiger partial charge on any atom is -0.369 e. The summed E-state index contributed by atoms with van der Waals surface area (Å²) < 4.78 is 0. The van der Waals surface area contributed by atoms with Gasteiger partial charge in [-0.3, -0.25) is 9.69 Å². The van der Waals surface area contributed by atoms with Crippen LogP contribution in [0.1, 0.15) is 10.4 Å². The predicted molar refractivity (Wildman–Crippen MR) is 98.9 cm³/mol. The molecule has 0 aliphatic carbocycles. The van der Waals surface area contributed by atoms with Crippen molar-refractivity contribution in [2.45, 2.75) is 0 Å². The monoisotopic (exact) mass is 343 g/mol. The molecule has 1 fully saturated rings. The van der Waals surface area contributed by atoms with Crippen molar-refractivity contribution in [3.63, 3.8) is 0 Å². The van der Waals surface area contributed by atoms with Gasteiger partial charge in [0.1, 0.15) is 0 Å². The van der Waals surface area contributed by atoms with Crippen LogP contribution in [0, 0.1) is 0 Å². The number of amides is 1. The average molecular weight is 344 g/mol. The molecule has 1 aliphatic rings. The molecule has 0 atom stereocenters. The normalized spacial score (nSPS) is 15.3. The molecule has 0 spiro atoms. The Bertz CT molecular complexity index is 652. The Morgan fingerprint density at radius 2 is 1.62 bits per heavy atom. The number of hydrogen-bond acceptors (Lipinski definition) is 3. The summed E-state index contributed by atoms with van der Waals surface area (Å²) in [6.45, 7) is 5.55. The highest BCUT2D eigenvalue weighted by Gasteiger charge is 2.17.